The van der Waals surface area contributed by atoms with E-state index < -0.39 is 0 Å². The van der Waals surface area contributed by atoms with E-state index in [9.17, 15) is 14.0 Å². The van der Waals surface area contributed by atoms with Crippen LogP contribution in [0.15, 0.2) is 42.5 Å². The third-order valence-electron chi connectivity index (χ3n) is 4.76. The van der Waals surface area contributed by atoms with Gasteiger partial charge in [-0.3, -0.25) is 4.79 Å². The molecule has 0 bridgehead atoms. The highest BCUT2D eigenvalue weighted by Gasteiger charge is 2.29. The van der Waals surface area contributed by atoms with Gasteiger partial charge in [-0.25, -0.2) is 9.18 Å². The Labute approximate surface area is 161 Å². The Morgan fingerprint density at radius 3 is 2.75 bits per heavy atom. The van der Waals surface area contributed by atoms with Crippen LogP contribution in [0.2, 0.25) is 0 Å². The standard InChI is InChI=1S/C20H20FN3O4/c21-15-3-1-13(2-4-15)10-24-11-14(7-19(24)25)9-22-20(26)23-16-5-6-17-18(8-16)28-12-27-17/h1-6,8,14H,7,9-12H2,(H2,22,23,26)/t14-/m0/s1. The lowest BCUT2D eigenvalue weighted by atomic mass is 10.1. The molecule has 0 aromatic heterocycles. The van der Waals surface area contributed by atoms with Crippen LogP contribution in [-0.2, 0) is 11.3 Å². The fourth-order valence-corrected chi connectivity index (χ4v) is 3.34. The number of halogens is 1. The predicted octanol–water partition coefficient (Wildman–Crippen LogP) is 2.72. The quantitative estimate of drug-likeness (QED) is 0.830. The molecule has 1 atom stereocenters. The van der Waals surface area contributed by atoms with Gasteiger partial charge in [0.25, 0.3) is 0 Å². The number of carbonyl (C=O) groups excluding carboxylic acids is 2. The van der Waals surface area contributed by atoms with Crippen molar-refractivity contribution in [1.82, 2.24) is 10.2 Å². The fraction of sp³-hybridized carbons (Fsp3) is 0.300. The molecule has 2 heterocycles. The fourth-order valence-electron chi connectivity index (χ4n) is 3.34. The topological polar surface area (TPSA) is 79.9 Å². The molecule has 3 amide bonds. The largest absolute Gasteiger partial charge is 0.454 e. The SMILES string of the molecule is O=C(NC[C@@H]1CC(=O)N(Cc2ccc(F)cc2)C1)Nc1ccc2c(c1)OCO2. The summed E-state index contributed by atoms with van der Waals surface area (Å²) in [5, 5.41) is 5.55. The number of fused-ring (bicyclic) bond motifs is 1. The van der Waals surface area contributed by atoms with Crippen molar-refractivity contribution >= 4 is 17.6 Å². The van der Waals surface area contributed by atoms with Crippen molar-refractivity contribution in [3.8, 4) is 11.5 Å². The molecule has 7 nitrogen and oxygen atoms in total. The summed E-state index contributed by atoms with van der Waals surface area (Å²) in [4.78, 5) is 26.1. The first-order chi connectivity index (χ1) is 13.6. The van der Waals surface area contributed by atoms with Crippen molar-refractivity contribution < 1.29 is 23.5 Å². The maximum Gasteiger partial charge on any atom is 0.319 e. The van der Waals surface area contributed by atoms with Gasteiger partial charge in [0.1, 0.15) is 5.82 Å². The van der Waals surface area contributed by atoms with Crippen LogP contribution in [0.25, 0.3) is 0 Å². The van der Waals surface area contributed by atoms with Gasteiger partial charge in [-0.2, -0.15) is 0 Å². The summed E-state index contributed by atoms with van der Waals surface area (Å²) in [6.07, 6.45) is 0.380. The van der Waals surface area contributed by atoms with E-state index in [1.165, 1.54) is 12.1 Å². The summed E-state index contributed by atoms with van der Waals surface area (Å²) < 4.78 is 23.5. The van der Waals surface area contributed by atoms with Crippen LogP contribution in [0.4, 0.5) is 14.9 Å². The van der Waals surface area contributed by atoms with E-state index in [0.717, 1.165) is 5.56 Å². The molecule has 0 unspecified atom stereocenters. The normalized spacial score (nSPS) is 17.7. The zero-order chi connectivity index (χ0) is 19.5. The molecule has 4 rings (SSSR count). The Bertz CT molecular complexity index is 888. The average molecular weight is 385 g/mol. The first-order valence-electron chi connectivity index (χ1n) is 9.03. The van der Waals surface area contributed by atoms with Crippen molar-refractivity contribution in [3.63, 3.8) is 0 Å². The molecular weight excluding hydrogens is 365 g/mol. The summed E-state index contributed by atoms with van der Waals surface area (Å²) in [5.74, 6) is 1.02. The zero-order valence-corrected chi connectivity index (χ0v) is 15.1. The number of likely N-dealkylation sites (tertiary alicyclic amines) is 1. The van der Waals surface area contributed by atoms with Crippen molar-refractivity contribution in [2.45, 2.75) is 13.0 Å². The first-order valence-corrected chi connectivity index (χ1v) is 9.03. The average Bonchev–Trinajstić information content (AvgIpc) is 3.28. The van der Waals surface area contributed by atoms with Gasteiger partial charge in [0.05, 0.1) is 0 Å². The Morgan fingerprint density at radius 1 is 1.14 bits per heavy atom. The molecule has 0 spiro atoms. The molecule has 0 radical (unpaired) electrons. The van der Waals surface area contributed by atoms with Crippen molar-refractivity contribution in [2.75, 3.05) is 25.2 Å². The van der Waals surface area contributed by atoms with Crippen molar-refractivity contribution in [2.24, 2.45) is 5.92 Å². The minimum atomic E-state index is -0.344. The van der Waals surface area contributed by atoms with Crippen LogP contribution in [0.5, 0.6) is 11.5 Å². The molecule has 0 saturated carbocycles. The summed E-state index contributed by atoms with van der Waals surface area (Å²) in [5.41, 5.74) is 1.48. The Hall–Kier alpha value is -3.29. The Kier molecular flexibility index (Phi) is 5.01. The minimum absolute atomic E-state index is 0.0345. The second kappa shape index (κ2) is 7.75. The van der Waals surface area contributed by atoms with Crippen LogP contribution in [0.3, 0.4) is 0 Å². The number of carbonyl (C=O) groups is 2. The van der Waals surface area contributed by atoms with Gasteiger partial charge in [-0.05, 0) is 29.8 Å². The Balaban J connectivity index is 1.25. The van der Waals surface area contributed by atoms with E-state index in [1.807, 2.05) is 0 Å². The van der Waals surface area contributed by atoms with Gasteiger partial charge in [0, 0.05) is 43.7 Å². The van der Waals surface area contributed by atoms with Gasteiger partial charge < -0.3 is 25.0 Å². The van der Waals surface area contributed by atoms with Gasteiger partial charge in [-0.1, -0.05) is 12.1 Å². The van der Waals surface area contributed by atoms with Gasteiger partial charge >= 0.3 is 6.03 Å². The summed E-state index contributed by atoms with van der Waals surface area (Å²) in [7, 11) is 0. The third-order valence-corrected chi connectivity index (χ3v) is 4.76. The van der Waals surface area contributed by atoms with Crippen LogP contribution in [0, 0.1) is 11.7 Å². The highest BCUT2D eigenvalue weighted by molar-refractivity contribution is 5.89. The number of hydrogen-bond donors (Lipinski definition) is 2. The molecule has 146 valence electrons. The highest BCUT2D eigenvalue weighted by Crippen LogP contribution is 2.34. The highest BCUT2D eigenvalue weighted by atomic mass is 19.1. The number of nitrogens with one attached hydrogen (secondary N) is 2. The van der Waals surface area contributed by atoms with Crippen LogP contribution in [0.1, 0.15) is 12.0 Å². The van der Waals surface area contributed by atoms with Gasteiger partial charge in [0.15, 0.2) is 11.5 Å². The molecule has 0 aliphatic carbocycles. The molecule has 1 fully saturated rings. The summed E-state index contributed by atoms with van der Waals surface area (Å²) in [6.45, 7) is 1.57. The van der Waals surface area contributed by atoms with E-state index in [4.69, 9.17) is 9.47 Å². The molecule has 2 aliphatic heterocycles. The number of nitrogens with zero attached hydrogens (tertiary/aromatic N) is 1. The zero-order valence-electron chi connectivity index (χ0n) is 15.1. The predicted molar refractivity (Wildman–Crippen MR) is 99.5 cm³/mol. The summed E-state index contributed by atoms with van der Waals surface area (Å²) in [6, 6.07) is 10.9. The number of urea groups is 1. The first kappa shape index (κ1) is 18.1. The van der Waals surface area contributed by atoms with Crippen LogP contribution < -0.4 is 20.1 Å². The molecule has 2 aromatic carbocycles. The molecule has 1 saturated heterocycles. The molecule has 2 aliphatic rings. The maximum atomic E-state index is 13.0. The maximum absolute atomic E-state index is 13.0. The van der Waals surface area contributed by atoms with Crippen LogP contribution in [-0.4, -0.2) is 36.7 Å². The summed E-state index contributed by atoms with van der Waals surface area (Å²) >= 11 is 0. The second-order valence-electron chi connectivity index (χ2n) is 6.87. The molecule has 8 heteroatoms. The van der Waals surface area contributed by atoms with Crippen LogP contribution >= 0.6 is 0 Å². The second-order valence-corrected chi connectivity index (χ2v) is 6.87. The Morgan fingerprint density at radius 2 is 1.93 bits per heavy atom. The monoisotopic (exact) mass is 385 g/mol. The molecular formula is C20H20FN3O4. The lowest BCUT2D eigenvalue weighted by molar-refractivity contribution is -0.128. The third kappa shape index (κ3) is 4.16. The smallest absolute Gasteiger partial charge is 0.319 e. The van der Waals surface area contributed by atoms with E-state index >= 15 is 0 Å². The molecule has 28 heavy (non-hydrogen) atoms. The van der Waals surface area contributed by atoms with E-state index in [2.05, 4.69) is 10.6 Å². The lowest BCUT2D eigenvalue weighted by Crippen LogP contribution is -2.34. The number of rotatable bonds is 5. The minimum Gasteiger partial charge on any atom is -0.454 e. The van der Waals surface area contributed by atoms with Crippen molar-refractivity contribution in [1.29, 1.82) is 0 Å². The number of ether oxygens (including phenoxy) is 2. The van der Waals surface area contributed by atoms with Gasteiger partial charge in [-0.15, -0.1) is 0 Å². The number of anilines is 1. The number of benzene rings is 2. The molecule has 2 N–H and O–H groups in total. The van der Waals surface area contributed by atoms with E-state index in [-0.39, 0.29) is 30.5 Å². The van der Waals surface area contributed by atoms with E-state index in [0.29, 0.717) is 43.2 Å². The molecule has 2 aromatic rings. The lowest BCUT2D eigenvalue weighted by Gasteiger charge is -2.17. The number of amides is 3. The van der Waals surface area contributed by atoms with Gasteiger partial charge in [0.2, 0.25) is 12.7 Å². The van der Waals surface area contributed by atoms with E-state index in [1.54, 1.807) is 35.2 Å². The van der Waals surface area contributed by atoms with Crippen molar-refractivity contribution in [3.05, 3.63) is 53.8 Å². The number of hydrogen-bond acceptors (Lipinski definition) is 4.